The minimum Gasteiger partial charge on any atom is -0.494 e. The smallest absolute Gasteiger partial charge is 0.181 e. The van der Waals surface area contributed by atoms with Crippen LogP contribution in [0.15, 0.2) is 54.6 Å². The first-order chi connectivity index (χ1) is 13.9. The van der Waals surface area contributed by atoms with Gasteiger partial charge in [-0.05, 0) is 49.7 Å². The van der Waals surface area contributed by atoms with Gasteiger partial charge in [-0.1, -0.05) is 29.8 Å². The van der Waals surface area contributed by atoms with Crippen LogP contribution in [-0.2, 0) is 0 Å². The molecular formula is C24H22FNO3. The Kier molecular flexibility index (Phi) is 6.17. The van der Waals surface area contributed by atoms with Gasteiger partial charge in [-0.25, -0.2) is 9.37 Å². The second-order valence-corrected chi connectivity index (χ2v) is 6.92. The summed E-state index contributed by atoms with van der Waals surface area (Å²) in [6.45, 7) is 3.62. The predicted octanol–water partition coefficient (Wildman–Crippen LogP) is 5.36. The topological polar surface area (TPSA) is 56.3 Å². The SMILES string of the molecule is COc1ccc(C(=O)CCC(=O)c2ccc(C)cc2)nc1-c1ccc(F)c(C)c1. The molecule has 0 aliphatic heterocycles. The van der Waals surface area contributed by atoms with Crippen molar-refractivity contribution in [1.29, 1.82) is 0 Å². The minimum atomic E-state index is -0.311. The van der Waals surface area contributed by atoms with Gasteiger partial charge in [0, 0.05) is 24.0 Å². The van der Waals surface area contributed by atoms with E-state index in [0.29, 0.717) is 28.1 Å². The van der Waals surface area contributed by atoms with Crippen LogP contribution < -0.4 is 4.74 Å². The number of aryl methyl sites for hydroxylation is 2. The molecule has 0 spiro atoms. The quantitative estimate of drug-likeness (QED) is 0.509. The van der Waals surface area contributed by atoms with Gasteiger partial charge in [-0.15, -0.1) is 0 Å². The van der Waals surface area contributed by atoms with E-state index in [-0.39, 0.29) is 35.9 Å². The summed E-state index contributed by atoms with van der Waals surface area (Å²) in [5.41, 5.74) is 3.51. The number of carbonyl (C=O) groups is 2. The Balaban J connectivity index is 1.79. The number of pyridine rings is 1. The molecule has 0 aliphatic carbocycles. The number of halogens is 1. The molecule has 0 N–H and O–H groups in total. The lowest BCUT2D eigenvalue weighted by atomic mass is 10.0. The van der Waals surface area contributed by atoms with Crippen LogP contribution in [0.25, 0.3) is 11.3 Å². The number of methoxy groups -OCH3 is 1. The molecule has 5 heteroatoms. The van der Waals surface area contributed by atoms with E-state index in [0.717, 1.165) is 5.56 Å². The van der Waals surface area contributed by atoms with E-state index in [4.69, 9.17) is 4.74 Å². The summed E-state index contributed by atoms with van der Waals surface area (Å²) in [6.07, 6.45) is 0.175. The number of carbonyl (C=O) groups excluding carboxylic acids is 2. The molecule has 1 aromatic heterocycles. The highest BCUT2D eigenvalue weighted by Crippen LogP contribution is 2.29. The molecule has 0 aliphatic rings. The van der Waals surface area contributed by atoms with Crippen molar-refractivity contribution in [3.63, 3.8) is 0 Å². The van der Waals surface area contributed by atoms with Gasteiger partial charge in [-0.2, -0.15) is 0 Å². The fraction of sp³-hybridized carbons (Fsp3) is 0.208. The summed E-state index contributed by atoms with van der Waals surface area (Å²) in [6, 6.07) is 15.1. The van der Waals surface area contributed by atoms with E-state index < -0.39 is 0 Å². The molecule has 0 bridgehead atoms. The third-order valence-corrected chi connectivity index (χ3v) is 4.75. The van der Waals surface area contributed by atoms with Gasteiger partial charge in [0.25, 0.3) is 0 Å². The zero-order valence-electron chi connectivity index (χ0n) is 16.7. The van der Waals surface area contributed by atoms with E-state index in [1.807, 2.05) is 19.1 Å². The highest BCUT2D eigenvalue weighted by atomic mass is 19.1. The standard InChI is InChI=1S/C24H22FNO3/c1-15-4-6-17(7-5-15)21(27)11-12-22(28)20-10-13-23(29-3)24(26-20)18-8-9-19(25)16(2)14-18/h4-10,13-14H,11-12H2,1-3H3. The van der Waals surface area contributed by atoms with Crippen molar-refractivity contribution in [3.05, 3.63) is 82.8 Å². The Labute approximate surface area is 169 Å². The Morgan fingerprint density at radius 3 is 2.28 bits per heavy atom. The molecular weight excluding hydrogens is 369 g/mol. The van der Waals surface area contributed by atoms with E-state index in [2.05, 4.69) is 4.98 Å². The molecule has 0 saturated carbocycles. The van der Waals surface area contributed by atoms with Crippen LogP contribution in [0.4, 0.5) is 4.39 Å². The Hall–Kier alpha value is -3.34. The zero-order chi connectivity index (χ0) is 21.0. The number of Topliss-reactive ketones (excluding diaryl/α,β-unsaturated/α-hetero) is 2. The fourth-order valence-electron chi connectivity index (χ4n) is 3.00. The fourth-order valence-corrected chi connectivity index (χ4v) is 3.00. The molecule has 29 heavy (non-hydrogen) atoms. The number of ketones is 2. The first-order valence-corrected chi connectivity index (χ1v) is 9.33. The van der Waals surface area contributed by atoms with Crippen molar-refractivity contribution in [1.82, 2.24) is 4.98 Å². The van der Waals surface area contributed by atoms with Crippen LogP contribution in [0.2, 0.25) is 0 Å². The average Bonchev–Trinajstić information content (AvgIpc) is 2.73. The Morgan fingerprint density at radius 2 is 1.62 bits per heavy atom. The number of ether oxygens (including phenoxy) is 1. The summed E-state index contributed by atoms with van der Waals surface area (Å²) in [5.74, 6) is -0.132. The van der Waals surface area contributed by atoms with Crippen LogP contribution in [-0.4, -0.2) is 23.7 Å². The highest BCUT2D eigenvalue weighted by molar-refractivity contribution is 6.01. The molecule has 1 heterocycles. The highest BCUT2D eigenvalue weighted by Gasteiger charge is 2.16. The molecule has 148 valence electrons. The normalized spacial score (nSPS) is 10.6. The van der Waals surface area contributed by atoms with Crippen molar-refractivity contribution >= 4 is 11.6 Å². The summed E-state index contributed by atoms with van der Waals surface area (Å²) in [5, 5.41) is 0. The van der Waals surface area contributed by atoms with Crippen molar-refractivity contribution in [3.8, 4) is 17.0 Å². The van der Waals surface area contributed by atoms with Gasteiger partial charge in [0.1, 0.15) is 23.0 Å². The van der Waals surface area contributed by atoms with Gasteiger partial charge in [0.2, 0.25) is 0 Å². The minimum absolute atomic E-state index is 0.0634. The van der Waals surface area contributed by atoms with Crippen LogP contribution >= 0.6 is 0 Å². The maximum absolute atomic E-state index is 13.6. The summed E-state index contributed by atoms with van der Waals surface area (Å²) < 4.78 is 19.0. The first kappa shape index (κ1) is 20.4. The van der Waals surface area contributed by atoms with Crippen molar-refractivity contribution in [2.45, 2.75) is 26.7 Å². The maximum atomic E-state index is 13.6. The molecule has 4 nitrogen and oxygen atoms in total. The Morgan fingerprint density at radius 1 is 0.931 bits per heavy atom. The number of hydrogen-bond donors (Lipinski definition) is 0. The van der Waals surface area contributed by atoms with Gasteiger partial charge < -0.3 is 4.74 Å². The van der Waals surface area contributed by atoms with Gasteiger partial charge >= 0.3 is 0 Å². The van der Waals surface area contributed by atoms with Crippen molar-refractivity contribution in [2.75, 3.05) is 7.11 Å². The van der Waals surface area contributed by atoms with E-state index in [1.54, 1.807) is 43.3 Å². The van der Waals surface area contributed by atoms with E-state index >= 15 is 0 Å². The molecule has 0 fully saturated rings. The maximum Gasteiger partial charge on any atom is 0.181 e. The third-order valence-electron chi connectivity index (χ3n) is 4.75. The zero-order valence-corrected chi connectivity index (χ0v) is 16.7. The lowest BCUT2D eigenvalue weighted by Crippen LogP contribution is -2.08. The lowest BCUT2D eigenvalue weighted by Gasteiger charge is -2.11. The average molecular weight is 391 g/mol. The van der Waals surface area contributed by atoms with Crippen molar-refractivity contribution in [2.24, 2.45) is 0 Å². The largest absolute Gasteiger partial charge is 0.494 e. The summed E-state index contributed by atoms with van der Waals surface area (Å²) in [7, 11) is 1.51. The molecule has 3 aromatic rings. The van der Waals surface area contributed by atoms with E-state index in [1.165, 1.54) is 13.2 Å². The molecule has 0 amide bonds. The second-order valence-electron chi connectivity index (χ2n) is 6.92. The predicted molar refractivity (Wildman–Crippen MR) is 110 cm³/mol. The Bertz CT molecular complexity index is 1060. The molecule has 0 atom stereocenters. The molecule has 2 aromatic carbocycles. The van der Waals surface area contributed by atoms with Gasteiger partial charge in [-0.3, -0.25) is 9.59 Å². The third kappa shape index (κ3) is 4.74. The van der Waals surface area contributed by atoms with Crippen LogP contribution in [0.3, 0.4) is 0 Å². The molecule has 0 saturated heterocycles. The number of aromatic nitrogens is 1. The molecule has 3 rings (SSSR count). The second kappa shape index (κ2) is 8.78. The van der Waals surface area contributed by atoms with Gasteiger partial charge in [0.05, 0.1) is 7.11 Å². The summed E-state index contributed by atoms with van der Waals surface area (Å²) >= 11 is 0. The first-order valence-electron chi connectivity index (χ1n) is 9.33. The molecule has 0 unspecified atom stereocenters. The van der Waals surface area contributed by atoms with Crippen LogP contribution in [0, 0.1) is 19.7 Å². The number of nitrogens with zero attached hydrogens (tertiary/aromatic N) is 1. The monoisotopic (exact) mass is 391 g/mol. The van der Waals surface area contributed by atoms with Gasteiger partial charge in [0.15, 0.2) is 11.6 Å². The van der Waals surface area contributed by atoms with Crippen LogP contribution in [0.1, 0.15) is 44.8 Å². The summed E-state index contributed by atoms with van der Waals surface area (Å²) in [4.78, 5) is 29.4. The van der Waals surface area contributed by atoms with E-state index in [9.17, 15) is 14.0 Å². The van der Waals surface area contributed by atoms with Crippen LogP contribution in [0.5, 0.6) is 5.75 Å². The number of benzene rings is 2. The number of hydrogen-bond acceptors (Lipinski definition) is 4. The number of rotatable bonds is 7. The molecule has 0 radical (unpaired) electrons. The van der Waals surface area contributed by atoms with Crippen molar-refractivity contribution < 1.29 is 18.7 Å². The lowest BCUT2D eigenvalue weighted by molar-refractivity contribution is 0.0915.